The summed E-state index contributed by atoms with van der Waals surface area (Å²) in [6.45, 7) is 5.33. The Balaban J connectivity index is 1.57. The third-order valence-electron chi connectivity index (χ3n) is 4.00. The highest BCUT2D eigenvalue weighted by atomic mass is 33.1. The summed E-state index contributed by atoms with van der Waals surface area (Å²) in [5.74, 6) is 1.45. The van der Waals surface area contributed by atoms with Gasteiger partial charge in [0.1, 0.15) is 0 Å². The lowest BCUT2D eigenvalue weighted by Gasteiger charge is -2.09. The molecule has 1 heterocycles. The first kappa shape index (κ1) is 19.7. The van der Waals surface area contributed by atoms with Gasteiger partial charge in [-0.05, 0) is 44.2 Å². The molecule has 5 heteroatoms. The van der Waals surface area contributed by atoms with Crippen LogP contribution in [-0.4, -0.2) is 23.0 Å². The van der Waals surface area contributed by atoms with E-state index in [2.05, 4.69) is 29.6 Å². The van der Waals surface area contributed by atoms with E-state index in [0.29, 0.717) is 19.6 Å². The normalized spacial score (nSPS) is 17.4. The number of carbonyl (C=O) groups excluding carboxylic acids is 1. The van der Waals surface area contributed by atoms with Crippen LogP contribution in [0.4, 0.5) is 0 Å². The second-order valence-electron chi connectivity index (χ2n) is 6.53. The Morgan fingerprint density at radius 1 is 1.25 bits per heavy atom. The van der Waals surface area contributed by atoms with E-state index in [1.165, 1.54) is 24.2 Å². The van der Waals surface area contributed by atoms with Gasteiger partial charge in [0.2, 0.25) is 5.91 Å². The highest BCUT2D eigenvalue weighted by Crippen LogP contribution is 2.39. The molecule has 1 aliphatic heterocycles. The van der Waals surface area contributed by atoms with E-state index in [0.717, 1.165) is 23.7 Å². The highest BCUT2D eigenvalue weighted by molar-refractivity contribution is 8.77. The van der Waals surface area contributed by atoms with Crippen LogP contribution in [0.25, 0.3) is 0 Å². The number of hydrogen-bond acceptors (Lipinski definition) is 4. The molecule has 1 saturated heterocycles. The fraction of sp³-hybridized carbons (Fsp3) is 0.632. The molecule has 1 amide bonds. The zero-order valence-electron chi connectivity index (χ0n) is 14.8. The minimum Gasteiger partial charge on any atom is -0.374 e. The van der Waals surface area contributed by atoms with E-state index >= 15 is 0 Å². The quantitative estimate of drug-likeness (QED) is 0.469. The third-order valence-corrected chi connectivity index (χ3v) is 7.01. The Labute approximate surface area is 154 Å². The first-order chi connectivity index (χ1) is 11.6. The van der Waals surface area contributed by atoms with Crippen LogP contribution in [0.5, 0.6) is 0 Å². The van der Waals surface area contributed by atoms with Crippen LogP contribution in [0.1, 0.15) is 57.1 Å². The number of benzene rings is 1. The van der Waals surface area contributed by atoms with E-state index in [1.807, 2.05) is 35.4 Å². The number of hydrogen-bond donors (Lipinski definition) is 1. The van der Waals surface area contributed by atoms with E-state index in [4.69, 9.17) is 4.74 Å². The average molecular weight is 368 g/mol. The topological polar surface area (TPSA) is 38.3 Å². The molecule has 1 N–H and O–H groups in total. The molecule has 24 heavy (non-hydrogen) atoms. The Bertz CT molecular complexity index is 485. The molecule has 1 unspecified atom stereocenters. The van der Waals surface area contributed by atoms with E-state index in [-0.39, 0.29) is 12.0 Å². The summed E-state index contributed by atoms with van der Waals surface area (Å²) in [5, 5.41) is 3.83. The largest absolute Gasteiger partial charge is 0.374 e. The molecule has 0 spiro atoms. The molecule has 1 aliphatic rings. The van der Waals surface area contributed by atoms with Crippen LogP contribution in [0.15, 0.2) is 24.3 Å². The van der Waals surface area contributed by atoms with Crippen molar-refractivity contribution in [1.82, 2.24) is 5.32 Å². The SMILES string of the molecule is CC(C)OCc1ccc(CNC(=O)CCCCC2CCSS2)cc1. The number of ether oxygens (including phenoxy) is 1. The van der Waals surface area contributed by atoms with Crippen molar-refractivity contribution in [3.8, 4) is 0 Å². The number of unbranched alkanes of at least 4 members (excludes halogenated alkanes) is 1. The van der Waals surface area contributed by atoms with Gasteiger partial charge in [-0.2, -0.15) is 0 Å². The van der Waals surface area contributed by atoms with Crippen LogP contribution < -0.4 is 5.32 Å². The number of amides is 1. The molecule has 0 radical (unpaired) electrons. The maximum absolute atomic E-state index is 11.9. The van der Waals surface area contributed by atoms with Gasteiger partial charge in [0.25, 0.3) is 0 Å². The first-order valence-corrected chi connectivity index (χ1v) is 11.3. The van der Waals surface area contributed by atoms with Crippen LogP contribution >= 0.6 is 21.6 Å². The minimum absolute atomic E-state index is 0.163. The van der Waals surface area contributed by atoms with Crippen molar-refractivity contribution in [1.29, 1.82) is 0 Å². The fourth-order valence-corrected chi connectivity index (χ4v) is 5.55. The summed E-state index contributed by atoms with van der Waals surface area (Å²) in [6.07, 6.45) is 5.64. The maximum Gasteiger partial charge on any atom is 0.220 e. The van der Waals surface area contributed by atoms with Crippen molar-refractivity contribution in [3.05, 3.63) is 35.4 Å². The second kappa shape index (κ2) is 11.1. The molecule has 0 aromatic heterocycles. The van der Waals surface area contributed by atoms with Gasteiger partial charge in [-0.1, -0.05) is 52.3 Å². The van der Waals surface area contributed by atoms with Gasteiger partial charge in [-0.15, -0.1) is 0 Å². The lowest BCUT2D eigenvalue weighted by Crippen LogP contribution is -2.22. The molecule has 3 nitrogen and oxygen atoms in total. The highest BCUT2D eigenvalue weighted by Gasteiger charge is 2.15. The molecule has 134 valence electrons. The first-order valence-electron chi connectivity index (χ1n) is 8.88. The lowest BCUT2D eigenvalue weighted by atomic mass is 10.1. The lowest BCUT2D eigenvalue weighted by molar-refractivity contribution is -0.121. The van der Waals surface area contributed by atoms with Gasteiger partial charge >= 0.3 is 0 Å². The van der Waals surface area contributed by atoms with Gasteiger partial charge in [0, 0.05) is 24.0 Å². The van der Waals surface area contributed by atoms with Crippen molar-refractivity contribution in [2.75, 3.05) is 5.75 Å². The second-order valence-corrected chi connectivity index (χ2v) is 9.32. The van der Waals surface area contributed by atoms with Crippen LogP contribution in [0.2, 0.25) is 0 Å². The average Bonchev–Trinajstić information content (AvgIpc) is 3.09. The van der Waals surface area contributed by atoms with Gasteiger partial charge < -0.3 is 10.1 Å². The summed E-state index contributed by atoms with van der Waals surface area (Å²) >= 11 is 0. The summed E-state index contributed by atoms with van der Waals surface area (Å²) in [4.78, 5) is 11.9. The zero-order valence-corrected chi connectivity index (χ0v) is 16.4. The molecule has 1 fully saturated rings. The fourth-order valence-electron chi connectivity index (χ4n) is 2.53. The van der Waals surface area contributed by atoms with Crippen molar-refractivity contribution >= 4 is 27.5 Å². The predicted molar refractivity (Wildman–Crippen MR) is 105 cm³/mol. The van der Waals surface area contributed by atoms with Crippen LogP contribution in [0, 0.1) is 0 Å². The van der Waals surface area contributed by atoms with Crippen molar-refractivity contribution < 1.29 is 9.53 Å². The van der Waals surface area contributed by atoms with Gasteiger partial charge in [0.05, 0.1) is 12.7 Å². The standard InChI is InChI=1S/C19H29NO2S2/c1-15(2)22-14-17-9-7-16(8-10-17)13-20-19(21)6-4-3-5-18-11-12-23-24-18/h7-10,15,18H,3-6,11-14H2,1-2H3,(H,20,21). The molecule has 0 saturated carbocycles. The molecule has 1 aromatic rings. The molecule has 0 aliphatic carbocycles. The molecule has 1 atom stereocenters. The molecule has 0 bridgehead atoms. The number of carbonyl (C=O) groups is 1. The third kappa shape index (κ3) is 7.95. The van der Waals surface area contributed by atoms with Crippen LogP contribution in [0.3, 0.4) is 0 Å². The monoisotopic (exact) mass is 367 g/mol. The molecule has 1 aromatic carbocycles. The Hall–Kier alpha value is -0.650. The van der Waals surface area contributed by atoms with Crippen molar-refractivity contribution in [3.63, 3.8) is 0 Å². The Morgan fingerprint density at radius 3 is 2.67 bits per heavy atom. The Kier molecular flexibility index (Phi) is 9.07. The summed E-state index contributed by atoms with van der Waals surface area (Å²) in [7, 11) is 4.01. The zero-order chi connectivity index (χ0) is 17.2. The van der Waals surface area contributed by atoms with Gasteiger partial charge in [-0.25, -0.2) is 0 Å². The minimum atomic E-state index is 0.163. The molecular formula is C19H29NO2S2. The molecule has 2 rings (SSSR count). The van der Waals surface area contributed by atoms with Crippen molar-refractivity contribution in [2.45, 2.75) is 70.5 Å². The van der Waals surface area contributed by atoms with Gasteiger partial charge in [-0.3, -0.25) is 4.79 Å². The predicted octanol–water partition coefficient (Wildman–Crippen LogP) is 4.94. The number of nitrogens with one attached hydrogen (secondary N) is 1. The van der Waals surface area contributed by atoms with E-state index < -0.39 is 0 Å². The smallest absolute Gasteiger partial charge is 0.220 e. The number of rotatable bonds is 10. The van der Waals surface area contributed by atoms with Crippen LogP contribution in [-0.2, 0) is 22.7 Å². The van der Waals surface area contributed by atoms with E-state index in [9.17, 15) is 4.79 Å². The van der Waals surface area contributed by atoms with Gasteiger partial charge in [0.15, 0.2) is 0 Å². The molecular weight excluding hydrogens is 338 g/mol. The summed E-state index contributed by atoms with van der Waals surface area (Å²) in [6, 6.07) is 8.27. The van der Waals surface area contributed by atoms with E-state index in [1.54, 1.807) is 0 Å². The Morgan fingerprint density at radius 2 is 2.00 bits per heavy atom. The maximum atomic E-state index is 11.9. The summed E-state index contributed by atoms with van der Waals surface area (Å²) in [5.41, 5.74) is 2.30. The summed E-state index contributed by atoms with van der Waals surface area (Å²) < 4.78 is 5.59. The van der Waals surface area contributed by atoms with Crippen molar-refractivity contribution in [2.24, 2.45) is 0 Å².